The van der Waals surface area contributed by atoms with Crippen molar-refractivity contribution in [1.29, 1.82) is 0 Å². The fourth-order valence-electron chi connectivity index (χ4n) is 1.41. The number of aliphatic hydroxyl groups excluding tert-OH is 1. The minimum atomic E-state index is -1.39. The summed E-state index contributed by atoms with van der Waals surface area (Å²) in [5.41, 5.74) is 1.13. The van der Waals surface area contributed by atoms with Crippen molar-refractivity contribution in [2.45, 2.75) is 13.0 Å². The number of benzene rings is 1. The maximum absolute atomic E-state index is 11.2. The zero-order valence-electron chi connectivity index (χ0n) is 9.28. The van der Waals surface area contributed by atoms with E-state index in [1.165, 1.54) is 14.2 Å². The van der Waals surface area contributed by atoms with E-state index in [1.54, 1.807) is 19.1 Å². The van der Waals surface area contributed by atoms with Crippen molar-refractivity contribution in [3.8, 4) is 5.75 Å². The average molecular weight is 245 g/mol. The second-order valence-electron chi connectivity index (χ2n) is 3.29. The summed E-state index contributed by atoms with van der Waals surface area (Å²) in [6, 6.07) is 3.32. The molecule has 0 aliphatic heterocycles. The van der Waals surface area contributed by atoms with Crippen molar-refractivity contribution < 1.29 is 19.4 Å². The lowest BCUT2D eigenvalue weighted by Gasteiger charge is -2.15. The van der Waals surface area contributed by atoms with Gasteiger partial charge in [0.05, 0.1) is 19.2 Å². The van der Waals surface area contributed by atoms with Crippen LogP contribution < -0.4 is 4.74 Å². The van der Waals surface area contributed by atoms with Crippen molar-refractivity contribution in [2.75, 3.05) is 14.2 Å². The number of methoxy groups -OCH3 is 2. The van der Waals surface area contributed by atoms with Crippen LogP contribution in [-0.2, 0) is 9.53 Å². The summed E-state index contributed by atoms with van der Waals surface area (Å²) >= 11 is 5.94. The topological polar surface area (TPSA) is 55.8 Å². The molecule has 0 aromatic heterocycles. The molecule has 0 radical (unpaired) electrons. The highest BCUT2D eigenvalue weighted by atomic mass is 35.5. The predicted octanol–water partition coefficient (Wildman–Crippen LogP) is 1.86. The van der Waals surface area contributed by atoms with Gasteiger partial charge in [-0.1, -0.05) is 11.6 Å². The Morgan fingerprint density at radius 3 is 2.56 bits per heavy atom. The Kier molecular flexibility index (Phi) is 4.15. The average Bonchev–Trinajstić information content (AvgIpc) is 2.26. The Morgan fingerprint density at radius 1 is 1.44 bits per heavy atom. The monoisotopic (exact) mass is 244 g/mol. The van der Waals surface area contributed by atoms with Gasteiger partial charge in [0, 0.05) is 5.56 Å². The van der Waals surface area contributed by atoms with Gasteiger partial charge in [-0.25, -0.2) is 4.79 Å². The predicted molar refractivity (Wildman–Crippen MR) is 59.7 cm³/mol. The summed E-state index contributed by atoms with van der Waals surface area (Å²) in [4.78, 5) is 11.2. The molecule has 1 aromatic carbocycles. The third-order valence-electron chi connectivity index (χ3n) is 2.14. The van der Waals surface area contributed by atoms with Crippen LogP contribution in [0, 0.1) is 6.92 Å². The number of carbonyl (C=O) groups excluding carboxylic acids is 1. The van der Waals surface area contributed by atoms with Crippen LogP contribution in [0.3, 0.4) is 0 Å². The lowest BCUT2D eigenvalue weighted by molar-refractivity contribution is -0.150. The molecule has 0 saturated heterocycles. The van der Waals surface area contributed by atoms with Crippen molar-refractivity contribution in [3.63, 3.8) is 0 Å². The van der Waals surface area contributed by atoms with E-state index in [0.717, 1.165) is 5.56 Å². The highest BCUT2D eigenvalue weighted by molar-refractivity contribution is 6.32. The molecule has 1 N–H and O–H groups in total. The number of carbonyl (C=O) groups is 1. The number of halogens is 1. The van der Waals surface area contributed by atoms with Gasteiger partial charge in [-0.3, -0.25) is 0 Å². The van der Waals surface area contributed by atoms with Crippen LogP contribution >= 0.6 is 11.6 Å². The van der Waals surface area contributed by atoms with Gasteiger partial charge in [-0.15, -0.1) is 0 Å². The highest BCUT2D eigenvalue weighted by Gasteiger charge is 2.23. The Balaban J connectivity index is 3.25. The van der Waals surface area contributed by atoms with Gasteiger partial charge in [0.25, 0.3) is 0 Å². The first-order valence-corrected chi connectivity index (χ1v) is 4.99. The lowest BCUT2D eigenvalue weighted by Crippen LogP contribution is -2.14. The van der Waals surface area contributed by atoms with Gasteiger partial charge < -0.3 is 14.6 Å². The molecule has 0 heterocycles. The molecule has 1 atom stereocenters. The van der Waals surface area contributed by atoms with Crippen LogP contribution in [0.5, 0.6) is 5.75 Å². The van der Waals surface area contributed by atoms with Crippen LogP contribution in [0.1, 0.15) is 17.2 Å². The summed E-state index contributed by atoms with van der Waals surface area (Å²) in [6.45, 7) is 1.80. The molecule has 0 aliphatic rings. The molecule has 0 aliphatic carbocycles. The van der Waals surface area contributed by atoms with E-state index < -0.39 is 12.1 Å². The number of hydrogen-bond acceptors (Lipinski definition) is 4. The number of ether oxygens (including phenoxy) is 2. The largest absolute Gasteiger partial charge is 0.495 e. The Morgan fingerprint density at radius 2 is 2.06 bits per heavy atom. The second kappa shape index (κ2) is 5.18. The van der Waals surface area contributed by atoms with Gasteiger partial charge in [0.15, 0.2) is 6.10 Å². The zero-order chi connectivity index (χ0) is 12.3. The number of hydrogen-bond donors (Lipinski definition) is 1. The van der Waals surface area contributed by atoms with E-state index in [0.29, 0.717) is 10.6 Å². The van der Waals surface area contributed by atoms with Crippen LogP contribution in [-0.4, -0.2) is 25.3 Å². The molecule has 5 heteroatoms. The van der Waals surface area contributed by atoms with Gasteiger partial charge >= 0.3 is 5.97 Å². The first-order chi connectivity index (χ1) is 7.51. The molecule has 4 nitrogen and oxygen atoms in total. The van der Waals surface area contributed by atoms with E-state index >= 15 is 0 Å². The van der Waals surface area contributed by atoms with Crippen LogP contribution in [0.4, 0.5) is 0 Å². The molecule has 0 saturated carbocycles. The second-order valence-corrected chi connectivity index (χ2v) is 3.70. The third-order valence-corrected chi connectivity index (χ3v) is 2.42. The van der Waals surface area contributed by atoms with Crippen molar-refractivity contribution >= 4 is 17.6 Å². The Labute approximate surface area is 98.7 Å². The fraction of sp³-hybridized carbons (Fsp3) is 0.364. The molecular formula is C11H13ClO4. The number of esters is 1. The molecule has 0 amide bonds. The van der Waals surface area contributed by atoms with Gasteiger partial charge in [0.1, 0.15) is 5.75 Å². The minimum absolute atomic E-state index is 0.283. The normalized spacial score (nSPS) is 12.1. The summed E-state index contributed by atoms with van der Waals surface area (Å²) < 4.78 is 9.51. The van der Waals surface area contributed by atoms with E-state index in [4.69, 9.17) is 16.3 Å². The van der Waals surface area contributed by atoms with E-state index in [-0.39, 0.29) is 5.75 Å². The first kappa shape index (κ1) is 12.8. The van der Waals surface area contributed by atoms with Gasteiger partial charge in [0.2, 0.25) is 0 Å². The van der Waals surface area contributed by atoms with Crippen molar-refractivity contribution in [3.05, 3.63) is 28.3 Å². The maximum atomic E-state index is 11.2. The van der Waals surface area contributed by atoms with Crippen LogP contribution in [0.25, 0.3) is 0 Å². The van der Waals surface area contributed by atoms with Crippen molar-refractivity contribution in [1.82, 2.24) is 0 Å². The smallest absolute Gasteiger partial charge is 0.339 e. The van der Waals surface area contributed by atoms with E-state index in [9.17, 15) is 9.90 Å². The van der Waals surface area contributed by atoms with E-state index in [1.807, 2.05) is 0 Å². The molecule has 0 fully saturated rings. The van der Waals surface area contributed by atoms with Crippen LogP contribution in [0.15, 0.2) is 12.1 Å². The molecule has 0 spiro atoms. The number of aryl methyl sites for hydroxylation is 1. The summed E-state index contributed by atoms with van der Waals surface area (Å²) in [5, 5.41) is 10.1. The standard InChI is InChI=1S/C11H13ClO4/c1-6-4-7(9(13)11(14)16-3)10(15-2)8(12)5-6/h4-5,9,13H,1-3H3. The lowest BCUT2D eigenvalue weighted by atomic mass is 10.1. The quantitative estimate of drug-likeness (QED) is 0.825. The SMILES string of the molecule is COC(=O)C(O)c1cc(C)cc(Cl)c1OC. The summed E-state index contributed by atoms with van der Waals surface area (Å²) in [7, 11) is 2.62. The van der Waals surface area contributed by atoms with E-state index in [2.05, 4.69) is 4.74 Å². The fourth-order valence-corrected chi connectivity index (χ4v) is 1.77. The minimum Gasteiger partial charge on any atom is -0.495 e. The highest BCUT2D eigenvalue weighted by Crippen LogP contribution is 2.34. The summed E-state index contributed by atoms with van der Waals surface area (Å²) in [6.07, 6.45) is -1.39. The molecule has 0 bridgehead atoms. The molecule has 1 rings (SSSR count). The molecule has 16 heavy (non-hydrogen) atoms. The zero-order valence-corrected chi connectivity index (χ0v) is 10.0. The van der Waals surface area contributed by atoms with Gasteiger partial charge in [-0.2, -0.15) is 0 Å². The van der Waals surface area contributed by atoms with Gasteiger partial charge in [-0.05, 0) is 24.6 Å². The number of aliphatic hydroxyl groups is 1. The Bertz CT molecular complexity index is 403. The molecule has 1 unspecified atom stereocenters. The number of rotatable bonds is 3. The third kappa shape index (κ3) is 2.46. The van der Waals surface area contributed by atoms with Crippen LogP contribution in [0.2, 0.25) is 5.02 Å². The Hall–Kier alpha value is -1.26. The summed E-state index contributed by atoms with van der Waals surface area (Å²) in [5.74, 6) is -0.467. The first-order valence-electron chi connectivity index (χ1n) is 4.61. The molecule has 88 valence electrons. The maximum Gasteiger partial charge on any atom is 0.339 e. The van der Waals surface area contributed by atoms with Crippen molar-refractivity contribution in [2.24, 2.45) is 0 Å². The molecule has 1 aromatic rings. The molecular weight excluding hydrogens is 232 g/mol.